The summed E-state index contributed by atoms with van der Waals surface area (Å²) in [5, 5.41) is 20.4. The van der Waals surface area contributed by atoms with Crippen molar-refractivity contribution in [2.45, 2.75) is 0 Å². The monoisotopic (exact) mass is 329 g/mol. The number of aromatic hydroxyl groups is 2. The maximum Gasteiger partial charge on any atom is 0.124 e. The van der Waals surface area contributed by atoms with Crippen molar-refractivity contribution in [2.24, 2.45) is 0 Å². The zero-order chi connectivity index (χ0) is 17.2. The van der Waals surface area contributed by atoms with Gasteiger partial charge in [-0.15, -0.1) is 0 Å². The van der Waals surface area contributed by atoms with Crippen LogP contribution in [0.15, 0.2) is 83.7 Å². The Balaban J connectivity index is 1.96. The van der Waals surface area contributed by atoms with Gasteiger partial charge in [0, 0.05) is 16.7 Å². The summed E-state index contributed by atoms with van der Waals surface area (Å²) in [6.45, 7) is 0. The fourth-order valence-electron chi connectivity index (χ4n) is 2.78. The lowest BCUT2D eigenvalue weighted by Crippen LogP contribution is -1.91. The van der Waals surface area contributed by atoms with Crippen LogP contribution in [0.5, 0.6) is 11.5 Å². The number of furan rings is 1. The van der Waals surface area contributed by atoms with Crippen molar-refractivity contribution in [1.82, 2.24) is 4.98 Å². The summed E-state index contributed by atoms with van der Waals surface area (Å²) in [5.74, 6) is 0.310. The topological polar surface area (TPSA) is 66.5 Å². The van der Waals surface area contributed by atoms with Crippen LogP contribution in [0.1, 0.15) is 0 Å². The lowest BCUT2D eigenvalue weighted by atomic mass is 10.0. The third kappa shape index (κ3) is 2.85. The molecular formula is C21H15NO3. The van der Waals surface area contributed by atoms with Gasteiger partial charge in [-0.3, -0.25) is 0 Å². The van der Waals surface area contributed by atoms with Crippen LogP contribution in [0.4, 0.5) is 0 Å². The summed E-state index contributed by atoms with van der Waals surface area (Å²) >= 11 is 0. The van der Waals surface area contributed by atoms with E-state index in [0.717, 1.165) is 11.1 Å². The van der Waals surface area contributed by atoms with E-state index in [1.807, 2.05) is 42.5 Å². The molecule has 0 aliphatic carbocycles. The Kier molecular flexibility index (Phi) is 3.71. The molecule has 0 unspecified atom stereocenters. The van der Waals surface area contributed by atoms with Crippen molar-refractivity contribution in [3.8, 4) is 45.1 Å². The van der Waals surface area contributed by atoms with Gasteiger partial charge in [-0.2, -0.15) is 0 Å². The van der Waals surface area contributed by atoms with E-state index in [-0.39, 0.29) is 11.5 Å². The average molecular weight is 329 g/mol. The van der Waals surface area contributed by atoms with Crippen LogP contribution in [0.2, 0.25) is 0 Å². The quantitative estimate of drug-likeness (QED) is 0.549. The third-order valence-electron chi connectivity index (χ3n) is 4.04. The molecule has 4 heteroatoms. The first-order valence-electron chi connectivity index (χ1n) is 7.84. The molecule has 0 fully saturated rings. The second kappa shape index (κ2) is 6.17. The molecule has 4 nitrogen and oxygen atoms in total. The van der Waals surface area contributed by atoms with Crippen LogP contribution in [-0.2, 0) is 0 Å². The zero-order valence-corrected chi connectivity index (χ0v) is 13.3. The van der Waals surface area contributed by atoms with E-state index >= 15 is 0 Å². The van der Waals surface area contributed by atoms with Crippen molar-refractivity contribution < 1.29 is 14.6 Å². The highest BCUT2D eigenvalue weighted by Crippen LogP contribution is 2.35. The first kappa shape index (κ1) is 15.0. The normalized spacial score (nSPS) is 10.7. The number of phenols is 2. The van der Waals surface area contributed by atoms with Gasteiger partial charge in [-0.1, -0.05) is 24.3 Å². The number of nitrogens with zero attached hydrogens (tertiary/aromatic N) is 1. The highest BCUT2D eigenvalue weighted by Gasteiger charge is 2.13. The summed E-state index contributed by atoms with van der Waals surface area (Å²) in [6, 6.07) is 19.7. The molecule has 0 saturated carbocycles. The molecule has 0 radical (unpaired) electrons. The van der Waals surface area contributed by atoms with E-state index < -0.39 is 0 Å². The van der Waals surface area contributed by atoms with Crippen LogP contribution in [0, 0.1) is 0 Å². The largest absolute Gasteiger partial charge is 0.507 e. The number of hydrogen-bond donors (Lipinski definition) is 2. The summed E-state index contributed by atoms with van der Waals surface area (Å²) in [4.78, 5) is 4.65. The Morgan fingerprint density at radius 1 is 0.680 bits per heavy atom. The number of hydrogen-bond acceptors (Lipinski definition) is 4. The summed E-state index contributed by atoms with van der Waals surface area (Å²) in [7, 11) is 0. The lowest BCUT2D eigenvalue weighted by molar-refractivity contribution is 0.477. The third-order valence-corrected chi connectivity index (χ3v) is 4.04. The molecule has 2 heterocycles. The van der Waals surface area contributed by atoms with E-state index in [2.05, 4.69) is 4.98 Å². The maximum atomic E-state index is 10.2. The zero-order valence-electron chi connectivity index (χ0n) is 13.3. The molecule has 0 saturated heterocycles. The minimum Gasteiger partial charge on any atom is -0.507 e. The summed E-state index contributed by atoms with van der Waals surface area (Å²) < 4.78 is 5.19. The predicted octanol–water partition coefficient (Wildman–Crippen LogP) is 5.09. The van der Waals surface area contributed by atoms with Crippen molar-refractivity contribution in [2.75, 3.05) is 0 Å². The molecule has 2 aromatic heterocycles. The van der Waals surface area contributed by atoms with Gasteiger partial charge in [-0.25, -0.2) is 4.98 Å². The lowest BCUT2D eigenvalue weighted by Gasteiger charge is -2.11. The van der Waals surface area contributed by atoms with E-state index in [9.17, 15) is 10.2 Å². The second-order valence-corrected chi connectivity index (χ2v) is 5.67. The van der Waals surface area contributed by atoms with Crippen LogP contribution in [0.25, 0.3) is 33.6 Å². The van der Waals surface area contributed by atoms with E-state index in [0.29, 0.717) is 22.5 Å². The fraction of sp³-hybridized carbons (Fsp3) is 0. The van der Waals surface area contributed by atoms with Gasteiger partial charge in [0.1, 0.15) is 11.5 Å². The SMILES string of the molecule is Oc1ccccc1-c1cc(-c2ccoc2)cc(-c2ccccc2O)n1. The number of para-hydroxylation sites is 2. The van der Waals surface area contributed by atoms with Crippen LogP contribution in [0.3, 0.4) is 0 Å². The maximum absolute atomic E-state index is 10.2. The summed E-state index contributed by atoms with van der Waals surface area (Å²) in [6.07, 6.45) is 3.26. The number of rotatable bonds is 3. The molecule has 4 rings (SSSR count). The standard InChI is InChI=1S/C21H15NO3/c23-20-7-3-1-5-16(20)18-11-15(14-9-10-25-13-14)12-19(22-18)17-6-2-4-8-21(17)24/h1-13,23-24H. The Labute approximate surface area is 144 Å². The van der Waals surface area contributed by atoms with Gasteiger partial charge in [-0.05, 0) is 48.0 Å². The van der Waals surface area contributed by atoms with Gasteiger partial charge < -0.3 is 14.6 Å². The molecule has 4 aromatic rings. The van der Waals surface area contributed by atoms with Gasteiger partial charge in [0.05, 0.1) is 23.9 Å². The van der Waals surface area contributed by atoms with Crippen molar-refractivity contribution in [3.63, 3.8) is 0 Å². The molecule has 0 bridgehead atoms. The van der Waals surface area contributed by atoms with Crippen LogP contribution >= 0.6 is 0 Å². The second-order valence-electron chi connectivity index (χ2n) is 5.67. The van der Waals surface area contributed by atoms with Gasteiger partial charge in [0.2, 0.25) is 0 Å². The Hall–Kier alpha value is -3.53. The molecule has 0 aliphatic heterocycles. The number of phenolic OH excluding ortho intramolecular Hbond substituents is 2. The van der Waals surface area contributed by atoms with Crippen molar-refractivity contribution in [3.05, 3.63) is 79.3 Å². The Morgan fingerprint density at radius 3 is 1.72 bits per heavy atom. The van der Waals surface area contributed by atoms with Crippen LogP contribution < -0.4 is 0 Å². The predicted molar refractivity (Wildman–Crippen MR) is 96.1 cm³/mol. The number of benzene rings is 2. The van der Waals surface area contributed by atoms with E-state index in [1.54, 1.807) is 36.8 Å². The summed E-state index contributed by atoms with van der Waals surface area (Å²) in [5.41, 5.74) is 4.29. The molecule has 0 aliphatic rings. The average Bonchev–Trinajstić information content (AvgIpc) is 3.17. The molecule has 2 aromatic carbocycles. The molecule has 2 N–H and O–H groups in total. The highest BCUT2D eigenvalue weighted by atomic mass is 16.3. The Bertz CT molecular complexity index is 959. The Morgan fingerprint density at radius 2 is 1.24 bits per heavy atom. The molecule has 0 amide bonds. The number of aromatic nitrogens is 1. The smallest absolute Gasteiger partial charge is 0.124 e. The first-order valence-corrected chi connectivity index (χ1v) is 7.84. The van der Waals surface area contributed by atoms with Crippen molar-refractivity contribution >= 4 is 0 Å². The van der Waals surface area contributed by atoms with Crippen molar-refractivity contribution in [1.29, 1.82) is 0 Å². The van der Waals surface area contributed by atoms with Gasteiger partial charge in [0.25, 0.3) is 0 Å². The molecule has 25 heavy (non-hydrogen) atoms. The molecular weight excluding hydrogens is 314 g/mol. The van der Waals surface area contributed by atoms with Gasteiger partial charge >= 0.3 is 0 Å². The van der Waals surface area contributed by atoms with Crippen LogP contribution in [-0.4, -0.2) is 15.2 Å². The highest BCUT2D eigenvalue weighted by molar-refractivity contribution is 5.79. The first-order chi connectivity index (χ1) is 12.2. The molecule has 0 atom stereocenters. The van der Waals surface area contributed by atoms with E-state index in [1.165, 1.54) is 0 Å². The fourth-order valence-corrected chi connectivity index (χ4v) is 2.78. The number of pyridine rings is 1. The van der Waals surface area contributed by atoms with E-state index in [4.69, 9.17) is 4.42 Å². The minimum atomic E-state index is 0.155. The van der Waals surface area contributed by atoms with Gasteiger partial charge in [0.15, 0.2) is 0 Å². The molecule has 0 spiro atoms. The molecule has 122 valence electrons. The minimum absolute atomic E-state index is 0.155.